The summed E-state index contributed by atoms with van der Waals surface area (Å²) in [6.07, 6.45) is 0. The van der Waals surface area contributed by atoms with Crippen molar-refractivity contribution >= 4 is 15.8 Å². The van der Waals surface area contributed by atoms with Gasteiger partial charge in [-0.15, -0.1) is 0 Å². The first kappa shape index (κ1) is 11.5. The number of hydrogen-bond acceptors (Lipinski definition) is 3. The van der Waals surface area contributed by atoms with E-state index < -0.39 is 15.8 Å². The Morgan fingerprint density at radius 1 is 1.27 bits per heavy atom. The number of rotatable bonds is 3. The maximum Gasteiger partial charge on any atom is 0.331 e. The van der Waals surface area contributed by atoms with Crippen molar-refractivity contribution in [3.8, 4) is 0 Å². The Labute approximate surface area is 87.8 Å². The standard InChI is InChI=1S/C10H10O4S/c1-8(10(11)12)7-15(13,14)9-5-3-2-4-6-9/h2-7H,1H3,(H,11,12). The van der Waals surface area contributed by atoms with Gasteiger partial charge < -0.3 is 5.11 Å². The average molecular weight is 226 g/mol. The maximum atomic E-state index is 11.6. The molecule has 0 atom stereocenters. The van der Waals surface area contributed by atoms with Crippen LogP contribution in [-0.2, 0) is 14.6 Å². The number of carboxylic acids is 1. The number of carboxylic acid groups (broad SMARTS) is 1. The minimum absolute atomic E-state index is 0.0885. The molecule has 15 heavy (non-hydrogen) atoms. The number of benzene rings is 1. The highest BCUT2D eigenvalue weighted by atomic mass is 32.2. The topological polar surface area (TPSA) is 71.4 Å². The molecule has 0 aromatic heterocycles. The monoisotopic (exact) mass is 226 g/mol. The van der Waals surface area contributed by atoms with E-state index in [2.05, 4.69) is 0 Å². The summed E-state index contributed by atoms with van der Waals surface area (Å²) < 4.78 is 23.2. The summed E-state index contributed by atoms with van der Waals surface area (Å²) in [4.78, 5) is 10.6. The van der Waals surface area contributed by atoms with E-state index in [0.717, 1.165) is 5.41 Å². The van der Waals surface area contributed by atoms with Crippen LogP contribution in [0.15, 0.2) is 46.2 Å². The van der Waals surface area contributed by atoms with Crippen LogP contribution >= 0.6 is 0 Å². The smallest absolute Gasteiger partial charge is 0.331 e. The number of carbonyl (C=O) groups is 1. The van der Waals surface area contributed by atoms with Crippen LogP contribution in [0.25, 0.3) is 0 Å². The Kier molecular flexibility index (Phi) is 3.26. The number of sulfone groups is 1. The molecule has 5 heteroatoms. The highest BCUT2D eigenvalue weighted by Gasteiger charge is 2.12. The van der Waals surface area contributed by atoms with Crippen LogP contribution < -0.4 is 0 Å². The van der Waals surface area contributed by atoms with Gasteiger partial charge in [0.05, 0.1) is 4.90 Å². The van der Waals surface area contributed by atoms with Gasteiger partial charge in [-0.3, -0.25) is 0 Å². The van der Waals surface area contributed by atoms with Gasteiger partial charge in [-0.25, -0.2) is 13.2 Å². The van der Waals surface area contributed by atoms with Crippen molar-refractivity contribution in [3.63, 3.8) is 0 Å². The van der Waals surface area contributed by atoms with E-state index in [9.17, 15) is 13.2 Å². The van der Waals surface area contributed by atoms with Crippen molar-refractivity contribution in [2.24, 2.45) is 0 Å². The predicted molar refractivity (Wildman–Crippen MR) is 55.0 cm³/mol. The van der Waals surface area contributed by atoms with E-state index in [1.54, 1.807) is 18.2 Å². The first-order valence-corrected chi connectivity index (χ1v) is 5.70. The van der Waals surface area contributed by atoms with Crippen molar-refractivity contribution < 1.29 is 18.3 Å². The molecule has 0 bridgehead atoms. The van der Waals surface area contributed by atoms with Gasteiger partial charge in [0.1, 0.15) is 0 Å². The lowest BCUT2D eigenvalue weighted by atomic mass is 10.4. The fourth-order valence-corrected chi connectivity index (χ4v) is 2.20. The highest BCUT2D eigenvalue weighted by molar-refractivity contribution is 7.94. The van der Waals surface area contributed by atoms with Crippen LogP contribution in [0.4, 0.5) is 0 Å². The van der Waals surface area contributed by atoms with E-state index in [-0.39, 0.29) is 10.5 Å². The Morgan fingerprint density at radius 2 is 1.80 bits per heavy atom. The summed E-state index contributed by atoms with van der Waals surface area (Å²) in [7, 11) is -3.65. The average Bonchev–Trinajstić information content (AvgIpc) is 2.18. The molecule has 0 fully saturated rings. The van der Waals surface area contributed by atoms with E-state index in [1.165, 1.54) is 19.1 Å². The first-order chi connectivity index (χ1) is 6.93. The summed E-state index contributed by atoms with van der Waals surface area (Å²) in [6, 6.07) is 7.68. The molecule has 80 valence electrons. The van der Waals surface area contributed by atoms with Crippen LogP contribution in [0.3, 0.4) is 0 Å². The van der Waals surface area contributed by atoms with Crippen molar-refractivity contribution in [2.45, 2.75) is 11.8 Å². The molecule has 0 aliphatic rings. The number of hydrogen-bond donors (Lipinski definition) is 1. The lowest BCUT2D eigenvalue weighted by Gasteiger charge is -1.98. The molecular weight excluding hydrogens is 216 g/mol. The zero-order valence-corrected chi connectivity index (χ0v) is 8.86. The molecule has 0 spiro atoms. The van der Waals surface area contributed by atoms with Crippen LogP contribution in [-0.4, -0.2) is 19.5 Å². The van der Waals surface area contributed by atoms with E-state index >= 15 is 0 Å². The van der Waals surface area contributed by atoms with Gasteiger partial charge >= 0.3 is 5.97 Å². The van der Waals surface area contributed by atoms with E-state index in [1.807, 2.05) is 0 Å². The Bertz CT molecular complexity index is 485. The number of aliphatic carboxylic acids is 1. The fourth-order valence-electron chi connectivity index (χ4n) is 0.961. The van der Waals surface area contributed by atoms with Crippen molar-refractivity contribution in [1.82, 2.24) is 0 Å². The molecule has 0 amide bonds. The minimum Gasteiger partial charge on any atom is -0.478 e. The van der Waals surface area contributed by atoms with Gasteiger partial charge in [0.2, 0.25) is 0 Å². The van der Waals surface area contributed by atoms with Crippen LogP contribution in [0.5, 0.6) is 0 Å². The normalized spacial score (nSPS) is 12.5. The van der Waals surface area contributed by atoms with Gasteiger partial charge in [-0.2, -0.15) is 0 Å². The van der Waals surface area contributed by atoms with Gasteiger partial charge in [0.25, 0.3) is 0 Å². The molecule has 1 N–H and O–H groups in total. The van der Waals surface area contributed by atoms with Crippen LogP contribution in [0, 0.1) is 0 Å². The summed E-state index contributed by atoms with van der Waals surface area (Å²) in [6.45, 7) is 1.24. The highest BCUT2D eigenvalue weighted by Crippen LogP contribution is 2.13. The lowest BCUT2D eigenvalue weighted by molar-refractivity contribution is -0.132. The van der Waals surface area contributed by atoms with Crippen molar-refractivity contribution in [3.05, 3.63) is 41.3 Å². The SMILES string of the molecule is CC(=CS(=O)(=O)c1ccccc1)C(=O)O. The Morgan fingerprint density at radius 3 is 2.27 bits per heavy atom. The molecule has 0 saturated carbocycles. The molecule has 0 heterocycles. The molecule has 0 aliphatic heterocycles. The zero-order chi connectivity index (χ0) is 11.5. The third kappa shape index (κ3) is 2.92. The first-order valence-electron chi connectivity index (χ1n) is 4.15. The second kappa shape index (κ2) is 4.27. The predicted octanol–water partition coefficient (Wildman–Crippen LogP) is 1.45. The summed E-state index contributed by atoms with van der Waals surface area (Å²) in [5, 5.41) is 9.31. The van der Waals surface area contributed by atoms with E-state index in [4.69, 9.17) is 5.11 Å². The lowest BCUT2D eigenvalue weighted by Crippen LogP contribution is -2.02. The molecule has 0 saturated heterocycles. The molecule has 4 nitrogen and oxygen atoms in total. The fraction of sp³-hybridized carbons (Fsp3) is 0.100. The summed E-state index contributed by atoms with van der Waals surface area (Å²) in [5.74, 6) is -1.24. The third-order valence-corrected chi connectivity index (χ3v) is 3.33. The minimum atomic E-state index is -3.65. The summed E-state index contributed by atoms with van der Waals surface area (Å²) in [5.41, 5.74) is -0.209. The van der Waals surface area contributed by atoms with Crippen molar-refractivity contribution in [1.29, 1.82) is 0 Å². The molecule has 0 aliphatic carbocycles. The Balaban J connectivity index is 3.17. The maximum absolute atomic E-state index is 11.6. The van der Waals surface area contributed by atoms with Crippen LogP contribution in [0.1, 0.15) is 6.92 Å². The van der Waals surface area contributed by atoms with Gasteiger partial charge in [0.15, 0.2) is 9.84 Å². The van der Waals surface area contributed by atoms with Crippen molar-refractivity contribution in [2.75, 3.05) is 0 Å². The van der Waals surface area contributed by atoms with Gasteiger partial charge in [0, 0.05) is 11.0 Å². The zero-order valence-electron chi connectivity index (χ0n) is 8.04. The second-order valence-corrected chi connectivity index (χ2v) is 4.76. The van der Waals surface area contributed by atoms with Gasteiger partial charge in [-0.1, -0.05) is 18.2 Å². The summed E-state index contributed by atoms with van der Waals surface area (Å²) >= 11 is 0. The van der Waals surface area contributed by atoms with Crippen LogP contribution in [0.2, 0.25) is 0 Å². The molecule has 0 unspecified atom stereocenters. The van der Waals surface area contributed by atoms with E-state index in [0.29, 0.717) is 0 Å². The Hall–Kier alpha value is -1.62. The molecule has 1 aromatic carbocycles. The largest absolute Gasteiger partial charge is 0.478 e. The van der Waals surface area contributed by atoms with Gasteiger partial charge in [-0.05, 0) is 19.1 Å². The molecule has 0 radical (unpaired) electrons. The molecule has 1 rings (SSSR count). The molecular formula is C10H10O4S. The third-order valence-electron chi connectivity index (χ3n) is 1.74. The quantitative estimate of drug-likeness (QED) is 0.792. The second-order valence-electron chi connectivity index (χ2n) is 2.96. The molecule has 1 aromatic rings.